The van der Waals surface area contributed by atoms with Crippen LogP contribution in [0.1, 0.15) is 31.9 Å². The van der Waals surface area contributed by atoms with E-state index in [1.54, 1.807) is 0 Å². The van der Waals surface area contributed by atoms with E-state index >= 15 is 0 Å². The van der Waals surface area contributed by atoms with E-state index in [1.165, 1.54) is 7.11 Å². The molecule has 1 saturated heterocycles. The number of benzene rings is 1. The number of ether oxygens (including phenoxy) is 2. The molecule has 2 N–H and O–H groups in total. The Morgan fingerprint density at radius 3 is 2.74 bits per heavy atom. The van der Waals surface area contributed by atoms with Crippen LogP contribution in [-0.2, 0) is 9.53 Å². The number of hydrazine groups is 1. The van der Waals surface area contributed by atoms with Crippen molar-refractivity contribution < 1.29 is 14.3 Å². The van der Waals surface area contributed by atoms with Crippen LogP contribution in [0.3, 0.4) is 0 Å². The lowest BCUT2D eigenvalue weighted by Crippen LogP contribution is -2.36. The Kier molecular flexibility index (Phi) is 4.39. The van der Waals surface area contributed by atoms with Gasteiger partial charge in [0.1, 0.15) is 11.8 Å². The zero-order valence-corrected chi connectivity index (χ0v) is 11.5. The van der Waals surface area contributed by atoms with Gasteiger partial charge in [-0.05, 0) is 26.3 Å². The second kappa shape index (κ2) is 6.04. The van der Waals surface area contributed by atoms with Crippen molar-refractivity contribution in [3.8, 4) is 5.75 Å². The highest BCUT2D eigenvalue weighted by Crippen LogP contribution is 2.30. The van der Waals surface area contributed by atoms with Crippen LogP contribution in [0.2, 0.25) is 0 Å². The smallest absolute Gasteiger partial charge is 0.324 e. The fourth-order valence-corrected chi connectivity index (χ4v) is 2.19. The van der Waals surface area contributed by atoms with Crippen LogP contribution in [-0.4, -0.2) is 25.2 Å². The van der Waals surface area contributed by atoms with E-state index in [0.29, 0.717) is 6.42 Å². The maximum Gasteiger partial charge on any atom is 0.324 e. The van der Waals surface area contributed by atoms with Gasteiger partial charge < -0.3 is 9.47 Å². The third kappa shape index (κ3) is 3.24. The molecule has 104 valence electrons. The molecule has 0 bridgehead atoms. The van der Waals surface area contributed by atoms with E-state index in [0.717, 1.165) is 11.3 Å². The molecule has 2 atom stereocenters. The Labute approximate surface area is 113 Å². The molecule has 5 nitrogen and oxygen atoms in total. The first-order chi connectivity index (χ1) is 9.11. The Bertz CT molecular complexity index is 448. The van der Waals surface area contributed by atoms with Crippen molar-refractivity contribution in [2.45, 2.75) is 38.5 Å². The van der Waals surface area contributed by atoms with Gasteiger partial charge in [-0.1, -0.05) is 18.2 Å². The molecule has 1 aromatic carbocycles. The number of hydrogen-bond donors (Lipinski definition) is 2. The summed E-state index contributed by atoms with van der Waals surface area (Å²) in [6.45, 7) is 3.99. The molecule has 1 aliphatic rings. The molecular formula is C14H20N2O3. The average Bonchev–Trinajstić information content (AvgIpc) is 2.87. The second-order valence-corrected chi connectivity index (χ2v) is 4.86. The number of rotatable bonds is 4. The number of para-hydroxylation sites is 1. The van der Waals surface area contributed by atoms with Crippen LogP contribution in [0.15, 0.2) is 24.3 Å². The summed E-state index contributed by atoms with van der Waals surface area (Å²) in [6, 6.07) is 7.59. The highest BCUT2D eigenvalue weighted by atomic mass is 16.5. The van der Waals surface area contributed by atoms with Crippen molar-refractivity contribution in [1.29, 1.82) is 0 Å². The largest absolute Gasteiger partial charge is 0.491 e. The first kappa shape index (κ1) is 13.8. The first-order valence-electron chi connectivity index (χ1n) is 6.46. The molecule has 1 aromatic rings. The monoisotopic (exact) mass is 264 g/mol. The zero-order valence-electron chi connectivity index (χ0n) is 11.5. The lowest BCUT2D eigenvalue weighted by Gasteiger charge is -2.17. The van der Waals surface area contributed by atoms with Crippen LogP contribution < -0.4 is 15.6 Å². The van der Waals surface area contributed by atoms with Gasteiger partial charge in [-0.15, -0.1) is 0 Å². The van der Waals surface area contributed by atoms with Gasteiger partial charge in [-0.2, -0.15) is 0 Å². The molecule has 0 saturated carbocycles. The van der Waals surface area contributed by atoms with Crippen molar-refractivity contribution in [1.82, 2.24) is 10.9 Å². The summed E-state index contributed by atoms with van der Waals surface area (Å²) in [7, 11) is 1.40. The predicted molar refractivity (Wildman–Crippen MR) is 71.6 cm³/mol. The topological polar surface area (TPSA) is 59.6 Å². The molecule has 1 fully saturated rings. The van der Waals surface area contributed by atoms with Crippen molar-refractivity contribution in [3.05, 3.63) is 29.8 Å². The molecular weight excluding hydrogens is 244 g/mol. The van der Waals surface area contributed by atoms with Gasteiger partial charge in [0.25, 0.3) is 0 Å². The van der Waals surface area contributed by atoms with Crippen molar-refractivity contribution in [2.24, 2.45) is 0 Å². The fourth-order valence-electron chi connectivity index (χ4n) is 2.19. The molecule has 1 aliphatic heterocycles. The maximum atomic E-state index is 11.5. The molecule has 2 unspecified atom stereocenters. The molecule has 0 spiro atoms. The van der Waals surface area contributed by atoms with Crippen LogP contribution >= 0.6 is 0 Å². The molecule has 0 radical (unpaired) electrons. The van der Waals surface area contributed by atoms with E-state index in [1.807, 2.05) is 38.1 Å². The van der Waals surface area contributed by atoms with Crippen LogP contribution in [0, 0.1) is 0 Å². The lowest BCUT2D eigenvalue weighted by molar-refractivity contribution is -0.142. The standard InChI is InChI=1S/C14H20N2O3/c1-9(2)19-13-7-5-4-6-10(13)11-8-12(16-15-11)14(17)18-3/h4-7,9,11-12,15-16H,8H2,1-3H3. The molecule has 0 aromatic heterocycles. The molecule has 1 heterocycles. The third-order valence-corrected chi connectivity index (χ3v) is 3.05. The van der Waals surface area contributed by atoms with Gasteiger partial charge in [0.15, 0.2) is 0 Å². The van der Waals surface area contributed by atoms with Crippen LogP contribution in [0.5, 0.6) is 5.75 Å². The maximum absolute atomic E-state index is 11.5. The molecule has 5 heteroatoms. The average molecular weight is 264 g/mol. The van der Waals surface area contributed by atoms with Crippen molar-refractivity contribution in [3.63, 3.8) is 0 Å². The van der Waals surface area contributed by atoms with E-state index < -0.39 is 0 Å². The highest BCUT2D eigenvalue weighted by Gasteiger charge is 2.32. The summed E-state index contributed by atoms with van der Waals surface area (Å²) in [4.78, 5) is 11.5. The van der Waals surface area contributed by atoms with Gasteiger partial charge >= 0.3 is 5.97 Å². The second-order valence-electron chi connectivity index (χ2n) is 4.86. The Morgan fingerprint density at radius 2 is 2.05 bits per heavy atom. The summed E-state index contributed by atoms with van der Waals surface area (Å²) in [5, 5.41) is 0. The van der Waals surface area contributed by atoms with Crippen molar-refractivity contribution >= 4 is 5.97 Å². The van der Waals surface area contributed by atoms with E-state index in [4.69, 9.17) is 9.47 Å². The molecule has 0 aliphatic carbocycles. The van der Waals surface area contributed by atoms with Crippen LogP contribution in [0.4, 0.5) is 0 Å². The first-order valence-corrected chi connectivity index (χ1v) is 6.46. The SMILES string of the molecule is COC(=O)C1CC(c2ccccc2OC(C)C)NN1. The minimum atomic E-state index is -0.317. The van der Waals surface area contributed by atoms with Gasteiger partial charge in [0.2, 0.25) is 0 Å². The normalized spacial score (nSPS) is 22.5. The molecule has 0 amide bonds. The van der Waals surface area contributed by atoms with E-state index in [9.17, 15) is 4.79 Å². The van der Waals surface area contributed by atoms with Gasteiger partial charge in [0.05, 0.1) is 19.3 Å². The summed E-state index contributed by atoms with van der Waals surface area (Å²) >= 11 is 0. The predicted octanol–water partition coefficient (Wildman–Crippen LogP) is 1.55. The number of methoxy groups -OCH3 is 1. The minimum Gasteiger partial charge on any atom is -0.491 e. The summed E-state index contributed by atoms with van der Waals surface area (Å²) in [5.41, 5.74) is 7.13. The Balaban J connectivity index is 2.13. The van der Waals surface area contributed by atoms with E-state index in [-0.39, 0.29) is 24.2 Å². The van der Waals surface area contributed by atoms with Crippen LogP contribution in [0.25, 0.3) is 0 Å². The zero-order chi connectivity index (χ0) is 13.8. The third-order valence-electron chi connectivity index (χ3n) is 3.05. The molecule has 19 heavy (non-hydrogen) atoms. The highest BCUT2D eigenvalue weighted by molar-refractivity contribution is 5.76. The Morgan fingerprint density at radius 1 is 1.32 bits per heavy atom. The number of hydrogen-bond acceptors (Lipinski definition) is 5. The number of esters is 1. The summed E-state index contributed by atoms with van der Waals surface area (Å²) in [6.07, 6.45) is 0.762. The lowest BCUT2D eigenvalue weighted by atomic mass is 10.0. The fraction of sp³-hybridized carbons (Fsp3) is 0.500. The summed E-state index contributed by atoms with van der Waals surface area (Å²) < 4.78 is 10.5. The van der Waals surface area contributed by atoms with E-state index in [2.05, 4.69) is 10.9 Å². The summed E-state index contributed by atoms with van der Waals surface area (Å²) in [5.74, 6) is 0.597. The molecule has 2 rings (SSSR count). The number of carbonyl (C=O) groups excluding carboxylic acids is 1. The van der Waals surface area contributed by atoms with Crippen molar-refractivity contribution in [2.75, 3.05) is 7.11 Å². The number of carbonyl (C=O) groups is 1. The van der Waals surface area contributed by atoms with Gasteiger partial charge in [-0.3, -0.25) is 4.79 Å². The number of nitrogens with one attached hydrogen (secondary N) is 2. The Hall–Kier alpha value is -1.59. The minimum absolute atomic E-state index is 0.0408. The van der Waals surface area contributed by atoms with Gasteiger partial charge in [-0.25, -0.2) is 10.9 Å². The van der Waals surface area contributed by atoms with Gasteiger partial charge in [0, 0.05) is 5.56 Å². The quantitative estimate of drug-likeness (QED) is 0.808.